The van der Waals surface area contributed by atoms with E-state index in [1.165, 1.54) is 5.56 Å². The van der Waals surface area contributed by atoms with Crippen LogP contribution < -0.4 is 15.2 Å². The van der Waals surface area contributed by atoms with Crippen molar-refractivity contribution < 1.29 is 9.47 Å². The first-order valence-electron chi connectivity index (χ1n) is 10.7. The van der Waals surface area contributed by atoms with Gasteiger partial charge in [0.05, 0.1) is 12.2 Å². The summed E-state index contributed by atoms with van der Waals surface area (Å²) in [5.74, 6) is 1.87. The van der Waals surface area contributed by atoms with Crippen molar-refractivity contribution in [3.05, 3.63) is 23.8 Å². The van der Waals surface area contributed by atoms with Crippen LogP contribution in [0.3, 0.4) is 0 Å². The minimum atomic E-state index is 0.204. The maximum Gasteiger partial charge on any atom is 0.127 e. The normalized spacial score (nSPS) is 18.3. The summed E-state index contributed by atoms with van der Waals surface area (Å²) in [7, 11) is 0. The predicted molar refractivity (Wildman–Crippen MR) is 113 cm³/mol. The van der Waals surface area contributed by atoms with E-state index < -0.39 is 0 Å². The molecule has 1 saturated heterocycles. The van der Waals surface area contributed by atoms with Gasteiger partial charge in [-0.25, -0.2) is 0 Å². The van der Waals surface area contributed by atoms with Crippen molar-refractivity contribution in [3.8, 4) is 11.5 Å². The van der Waals surface area contributed by atoms with E-state index in [2.05, 4.69) is 55.7 Å². The van der Waals surface area contributed by atoms with E-state index in [0.717, 1.165) is 76.6 Å². The van der Waals surface area contributed by atoms with E-state index in [-0.39, 0.29) is 12.2 Å². The zero-order chi connectivity index (χ0) is 19.6. The molecule has 0 bridgehead atoms. The zero-order valence-corrected chi connectivity index (χ0v) is 17.7. The van der Waals surface area contributed by atoms with Crippen LogP contribution >= 0.6 is 0 Å². The van der Waals surface area contributed by atoms with Gasteiger partial charge < -0.3 is 20.1 Å². The number of ether oxygens (including phenoxy) is 2. The van der Waals surface area contributed by atoms with Crippen molar-refractivity contribution in [2.75, 3.05) is 39.3 Å². The van der Waals surface area contributed by atoms with Gasteiger partial charge in [0.2, 0.25) is 0 Å². The molecule has 2 unspecified atom stereocenters. The van der Waals surface area contributed by atoms with E-state index in [1.54, 1.807) is 0 Å². The number of piperazine rings is 1. The largest absolute Gasteiger partial charge is 0.491 e. The van der Waals surface area contributed by atoms with Gasteiger partial charge in [0.1, 0.15) is 11.5 Å². The highest BCUT2D eigenvalue weighted by Gasteiger charge is 2.19. The molecule has 2 rings (SSSR count). The van der Waals surface area contributed by atoms with Gasteiger partial charge in [0.15, 0.2) is 0 Å². The van der Waals surface area contributed by atoms with E-state index in [9.17, 15) is 0 Å². The third kappa shape index (κ3) is 7.32. The van der Waals surface area contributed by atoms with Crippen LogP contribution in [0.5, 0.6) is 11.5 Å². The molecule has 0 saturated carbocycles. The SMILES string of the molecule is CCC(C)Oc1ccc(CN2CCN(CCCN)CC2)c(OC(C)CC)c1. The second-order valence-electron chi connectivity index (χ2n) is 7.70. The summed E-state index contributed by atoms with van der Waals surface area (Å²) >= 11 is 0. The highest BCUT2D eigenvalue weighted by molar-refractivity contribution is 5.41. The maximum absolute atomic E-state index is 6.24. The third-order valence-corrected chi connectivity index (χ3v) is 5.39. The van der Waals surface area contributed by atoms with Crippen molar-refractivity contribution in [1.82, 2.24) is 9.80 Å². The number of nitrogens with zero attached hydrogens (tertiary/aromatic N) is 2. The highest BCUT2D eigenvalue weighted by Crippen LogP contribution is 2.28. The highest BCUT2D eigenvalue weighted by atomic mass is 16.5. The molecule has 1 aromatic rings. The van der Waals surface area contributed by atoms with Crippen LogP contribution in [-0.4, -0.2) is 61.3 Å². The molecule has 0 spiro atoms. The van der Waals surface area contributed by atoms with Crippen LogP contribution in [0.1, 0.15) is 52.5 Å². The standard InChI is InChI=1S/C22H39N3O2/c1-5-18(3)26-21-9-8-20(22(16-21)27-19(4)6-2)17-25-14-12-24(13-15-25)11-7-10-23/h8-9,16,18-19H,5-7,10-15,17,23H2,1-4H3. The van der Waals surface area contributed by atoms with Crippen molar-refractivity contribution in [2.24, 2.45) is 5.73 Å². The summed E-state index contributed by atoms with van der Waals surface area (Å²) in [5, 5.41) is 0. The van der Waals surface area contributed by atoms with Gasteiger partial charge in [-0.05, 0) is 52.3 Å². The summed E-state index contributed by atoms with van der Waals surface area (Å²) in [6.45, 7) is 15.8. The fraction of sp³-hybridized carbons (Fsp3) is 0.727. The first kappa shape index (κ1) is 22.0. The molecule has 0 radical (unpaired) electrons. The van der Waals surface area contributed by atoms with Crippen molar-refractivity contribution in [2.45, 2.75) is 65.7 Å². The Bertz CT molecular complexity index is 544. The molecule has 1 aromatic carbocycles. The number of hydrogen-bond donors (Lipinski definition) is 1. The average molecular weight is 378 g/mol. The molecule has 1 heterocycles. The fourth-order valence-corrected chi connectivity index (χ4v) is 3.19. The Balaban J connectivity index is 2.01. The van der Waals surface area contributed by atoms with Crippen LogP contribution in [0.15, 0.2) is 18.2 Å². The quantitative estimate of drug-likeness (QED) is 0.639. The van der Waals surface area contributed by atoms with Crippen LogP contribution in [0.2, 0.25) is 0 Å². The van der Waals surface area contributed by atoms with Crippen molar-refractivity contribution in [3.63, 3.8) is 0 Å². The Labute approximate surface area is 165 Å². The van der Waals surface area contributed by atoms with E-state index >= 15 is 0 Å². The summed E-state index contributed by atoms with van der Waals surface area (Å²) < 4.78 is 12.2. The van der Waals surface area contributed by atoms with Crippen LogP contribution in [-0.2, 0) is 6.54 Å². The molecule has 154 valence electrons. The Morgan fingerprint density at radius 1 is 0.963 bits per heavy atom. The Kier molecular flexibility index (Phi) is 9.39. The van der Waals surface area contributed by atoms with E-state index in [0.29, 0.717) is 0 Å². The number of rotatable bonds is 11. The Hall–Kier alpha value is -1.30. The van der Waals surface area contributed by atoms with Gasteiger partial charge in [0.25, 0.3) is 0 Å². The molecule has 1 aliphatic rings. The lowest BCUT2D eigenvalue weighted by Crippen LogP contribution is -2.46. The van der Waals surface area contributed by atoms with Gasteiger partial charge in [-0.15, -0.1) is 0 Å². The molecule has 0 aromatic heterocycles. The molecule has 5 heteroatoms. The van der Waals surface area contributed by atoms with Crippen molar-refractivity contribution >= 4 is 0 Å². The zero-order valence-electron chi connectivity index (χ0n) is 17.7. The maximum atomic E-state index is 6.24. The minimum Gasteiger partial charge on any atom is -0.491 e. The van der Waals surface area contributed by atoms with E-state index in [4.69, 9.17) is 15.2 Å². The van der Waals surface area contributed by atoms with Gasteiger partial charge >= 0.3 is 0 Å². The topological polar surface area (TPSA) is 51.0 Å². The number of benzene rings is 1. The molecule has 1 aliphatic heterocycles. The lowest BCUT2D eigenvalue weighted by Gasteiger charge is -2.35. The molecule has 0 aliphatic carbocycles. The monoisotopic (exact) mass is 377 g/mol. The van der Waals surface area contributed by atoms with Crippen LogP contribution in [0.25, 0.3) is 0 Å². The lowest BCUT2D eigenvalue weighted by atomic mass is 10.1. The summed E-state index contributed by atoms with van der Waals surface area (Å²) in [6, 6.07) is 6.34. The third-order valence-electron chi connectivity index (χ3n) is 5.39. The molecule has 5 nitrogen and oxygen atoms in total. The van der Waals surface area contributed by atoms with E-state index in [1.807, 2.05) is 0 Å². The summed E-state index contributed by atoms with van der Waals surface area (Å²) in [4.78, 5) is 5.04. The first-order chi connectivity index (χ1) is 13.0. The van der Waals surface area contributed by atoms with Crippen LogP contribution in [0, 0.1) is 0 Å². The van der Waals surface area contributed by atoms with Gasteiger partial charge in [-0.3, -0.25) is 4.90 Å². The smallest absolute Gasteiger partial charge is 0.127 e. The van der Waals surface area contributed by atoms with Crippen molar-refractivity contribution in [1.29, 1.82) is 0 Å². The second-order valence-corrected chi connectivity index (χ2v) is 7.70. The second kappa shape index (κ2) is 11.5. The van der Waals surface area contributed by atoms with Crippen LogP contribution in [0.4, 0.5) is 0 Å². The molecule has 2 atom stereocenters. The molecule has 27 heavy (non-hydrogen) atoms. The predicted octanol–water partition coefficient (Wildman–Crippen LogP) is 3.51. The average Bonchev–Trinajstić information content (AvgIpc) is 2.69. The lowest BCUT2D eigenvalue weighted by molar-refractivity contribution is 0.124. The molecular weight excluding hydrogens is 338 g/mol. The fourth-order valence-electron chi connectivity index (χ4n) is 3.19. The van der Waals surface area contributed by atoms with Gasteiger partial charge in [-0.2, -0.15) is 0 Å². The minimum absolute atomic E-state index is 0.204. The Morgan fingerprint density at radius 2 is 1.59 bits per heavy atom. The molecule has 2 N–H and O–H groups in total. The number of hydrogen-bond acceptors (Lipinski definition) is 5. The number of nitrogens with two attached hydrogens (primary N) is 1. The first-order valence-corrected chi connectivity index (χ1v) is 10.7. The Morgan fingerprint density at radius 3 is 2.22 bits per heavy atom. The van der Waals surface area contributed by atoms with Gasteiger partial charge in [0, 0.05) is 44.4 Å². The molecular formula is C22H39N3O2. The molecule has 1 fully saturated rings. The molecule has 0 amide bonds. The summed E-state index contributed by atoms with van der Waals surface area (Å²) in [6.07, 6.45) is 3.50. The van der Waals surface area contributed by atoms with Gasteiger partial charge in [-0.1, -0.05) is 19.9 Å². The summed E-state index contributed by atoms with van der Waals surface area (Å²) in [5.41, 5.74) is 6.88.